The van der Waals surface area contributed by atoms with Crippen molar-refractivity contribution in [2.24, 2.45) is 5.16 Å². The normalized spacial score (nSPS) is 10.8. The van der Waals surface area contributed by atoms with Crippen LogP contribution in [-0.2, 0) is 17.9 Å². The van der Waals surface area contributed by atoms with Gasteiger partial charge in [-0.05, 0) is 23.1 Å². The predicted octanol–water partition coefficient (Wildman–Crippen LogP) is 2.77. The molecule has 3 nitrogen and oxygen atoms in total. The zero-order chi connectivity index (χ0) is 13.3. The average Bonchev–Trinajstić information content (AvgIpc) is 2.47. The molecule has 98 valence electrons. The topological polar surface area (TPSA) is 41.8 Å². The summed E-state index contributed by atoms with van der Waals surface area (Å²) in [7, 11) is 0. The van der Waals surface area contributed by atoms with Gasteiger partial charge in [0, 0.05) is 6.61 Å². The molecule has 0 saturated heterocycles. The summed E-state index contributed by atoms with van der Waals surface area (Å²) in [5.74, 6) is 0. The van der Waals surface area contributed by atoms with E-state index in [4.69, 9.17) is 9.94 Å². The third-order valence-corrected chi connectivity index (χ3v) is 2.73. The summed E-state index contributed by atoms with van der Waals surface area (Å²) in [4.78, 5) is 5.23. The molecular formula is C16H17NO2. The van der Waals surface area contributed by atoms with E-state index in [1.54, 1.807) is 6.21 Å². The Hall–Kier alpha value is -2.13. The van der Waals surface area contributed by atoms with E-state index in [0.29, 0.717) is 13.0 Å². The number of aliphatic hydroxyl groups is 1. The van der Waals surface area contributed by atoms with Gasteiger partial charge < -0.3 is 9.94 Å². The molecule has 0 amide bonds. The molecule has 19 heavy (non-hydrogen) atoms. The van der Waals surface area contributed by atoms with E-state index in [0.717, 1.165) is 16.7 Å². The summed E-state index contributed by atoms with van der Waals surface area (Å²) in [5.41, 5.74) is 3.19. The molecule has 1 N–H and O–H groups in total. The second kappa shape index (κ2) is 7.34. The number of aliphatic hydroxyl groups excluding tert-OH is 1. The van der Waals surface area contributed by atoms with Gasteiger partial charge in [-0.1, -0.05) is 59.8 Å². The highest BCUT2D eigenvalue weighted by Crippen LogP contribution is 2.04. The van der Waals surface area contributed by atoms with Crippen molar-refractivity contribution in [3.63, 3.8) is 0 Å². The second-order valence-corrected chi connectivity index (χ2v) is 4.21. The molecule has 0 atom stereocenters. The molecule has 0 spiro atoms. The Kier molecular flexibility index (Phi) is 5.14. The molecule has 0 saturated carbocycles. The van der Waals surface area contributed by atoms with E-state index in [-0.39, 0.29) is 6.61 Å². The summed E-state index contributed by atoms with van der Waals surface area (Å²) >= 11 is 0. The van der Waals surface area contributed by atoms with Crippen LogP contribution in [0.25, 0.3) is 0 Å². The summed E-state index contributed by atoms with van der Waals surface area (Å²) < 4.78 is 0. The lowest BCUT2D eigenvalue weighted by Gasteiger charge is -2.00. The molecule has 2 aromatic carbocycles. The van der Waals surface area contributed by atoms with Gasteiger partial charge in [-0.25, -0.2) is 0 Å². The number of oxime groups is 1. The van der Waals surface area contributed by atoms with E-state index in [2.05, 4.69) is 5.16 Å². The Morgan fingerprint density at radius 2 is 1.68 bits per heavy atom. The van der Waals surface area contributed by atoms with Crippen LogP contribution in [0, 0.1) is 0 Å². The quantitative estimate of drug-likeness (QED) is 0.637. The average molecular weight is 255 g/mol. The molecule has 0 aliphatic heterocycles. The molecule has 0 unspecified atom stereocenters. The predicted molar refractivity (Wildman–Crippen MR) is 76.1 cm³/mol. The minimum Gasteiger partial charge on any atom is -0.396 e. The molecule has 0 aromatic heterocycles. The van der Waals surface area contributed by atoms with Gasteiger partial charge in [0.1, 0.15) is 6.61 Å². The van der Waals surface area contributed by atoms with Crippen LogP contribution in [0.2, 0.25) is 0 Å². The number of hydrogen-bond acceptors (Lipinski definition) is 3. The van der Waals surface area contributed by atoms with Gasteiger partial charge in [0.15, 0.2) is 0 Å². The van der Waals surface area contributed by atoms with E-state index in [1.807, 2.05) is 54.6 Å². The second-order valence-electron chi connectivity index (χ2n) is 4.21. The van der Waals surface area contributed by atoms with Gasteiger partial charge in [0.2, 0.25) is 0 Å². The Balaban J connectivity index is 1.82. The fourth-order valence-corrected chi connectivity index (χ4v) is 1.68. The highest BCUT2D eigenvalue weighted by atomic mass is 16.6. The van der Waals surface area contributed by atoms with Crippen LogP contribution in [0.3, 0.4) is 0 Å². The Morgan fingerprint density at radius 1 is 0.947 bits per heavy atom. The summed E-state index contributed by atoms with van der Waals surface area (Å²) in [6.07, 6.45) is 2.37. The molecule has 0 aliphatic rings. The maximum Gasteiger partial charge on any atom is 0.142 e. The van der Waals surface area contributed by atoms with E-state index >= 15 is 0 Å². The van der Waals surface area contributed by atoms with Crippen molar-refractivity contribution in [1.29, 1.82) is 0 Å². The van der Waals surface area contributed by atoms with E-state index < -0.39 is 0 Å². The van der Waals surface area contributed by atoms with Gasteiger partial charge in [-0.15, -0.1) is 0 Å². The van der Waals surface area contributed by atoms with Crippen LogP contribution in [0.4, 0.5) is 0 Å². The van der Waals surface area contributed by atoms with Crippen LogP contribution in [-0.4, -0.2) is 17.9 Å². The van der Waals surface area contributed by atoms with Crippen molar-refractivity contribution in [3.8, 4) is 0 Å². The van der Waals surface area contributed by atoms with Gasteiger partial charge in [-0.3, -0.25) is 0 Å². The number of rotatable bonds is 6. The first-order valence-electron chi connectivity index (χ1n) is 6.27. The van der Waals surface area contributed by atoms with Crippen LogP contribution in [0.15, 0.2) is 59.8 Å². The highest BCUT2D eigenvalue weighted by Gasteiger charge is 1.93. The van der Waals surface area contributed by atoms with Gasteiger partial charge in [-0.2, -0.15) is 0 Å². The molecule has 0 fully saturated rings. The van der Waals surface area contributed by atoms with Crippen LogP contribution in [0.5, 0.6) is 0 Å². The van der Waals surface area contributed by atoms with E-state index in [1.165, 1.54) is 0 Å². The number of benzene rings is 2. The van der Waals surface area contributed by atoms with Crippen LogP contribution < -0.4 is 0 Å². The lowest BCUT2D eigenvalue weighted by Crippen LogP contribution is -1.91. The highest BCUT2D eigenvalue weighted by molar-refractivity contribution is 5.79. The van der Waals surface area contributed by atoms with Gasteiger partial charge >= 0.3 is 0 Å². The summed E-state index contributed by atoms with van der Waals surface area (Å²) in [6, 6.07) is 17.8. The van der Waals surface area contributed by atoms with Gasteiger partial charge in [0.25, 0.3) is 0 Å². The van der Waals surface area contributed by atoms with Gasteiger partial charge in [0.05, 0.1) is 6.21 Å². The molecule has 3 heteroatoms. The lowest BCUT2D eigenvalue weighted by atomic mass is 10.1. The molecule has 0 radical (unpaired) electrons. The SMILES string of the molecule is OCCc1ccc(/C=N/OCc2ccccc2)cc1. The smallest absolute Gasteiger partial charge is 0.142 e. The largest absolute Gasteiger partial charge is 0.396 e. The number of hydrogen-bond donors (Lipinski definition) is 1. The minimum atomic E-state index is 0.174. The Labute approximate surface area is 113 Å². The van der Waals surface area contributed by atoms with Crippen molar-refractivity contribution in [2.75, 3.05) is 6.61 Å². The number of nitrogens with zero attached hydrogens (tertiary/aromatic N) is 1. The molecular weight excluding hydrogens is 238 g/mol. The third-order valence-electron chi connectivity index (χ3n) is 2.73. The first-order chi connectivity index (χ1) is 9.38. The zero-order valence-electron chi connectivity index (χ0n) is 10.7. The van der Waals surface area contributed by atoms with E-state index in [9.17, 15) is 0 Å². The monoisotopic (exact) mass is 255 g/mol. The maximum absolute atomic E-state index is 8.82. The van der Waals surface area contributed by atoms with Crippen molar-refractivity contribution in [1.82, 2.24) is 0 Å². The first kappa shape index (κ1) is 13.3. The molecule has 2 aromatic rings. The standard InChI is InChI=1S/C16H17NO2/c18-11-10-14-6-8-15(9-7-14)12-17-19-13-16-4-2-1-3-5-16/h1-9,12,18H,10-11,13H2/b17-12+. The fourth-order valence-electron chi connectivity index (χ4n) is 1.68. The van der Waals surface area contributed by atoms with Crippen molar-refractivity contribution in [3.05, 3.63) is 71.3 Å². The van der Waals surface area contributed by atoms with Crippen molar-refractivity contribution in [2.45, 2.75) is 13.0 Å². The maximum atomic E-state index is 8.82. The molecule has 0 bridgehead atoms. The third kappa shape index (κ3) is 4.56. The Morgan fingerprint density at radius 3 is 2.37 bits per heavy atom. The Bertz CT molecular complexity index is 506. The van der Waals surface area contributed by atoms with Crippen LogP contribution in [0.1, 0.15) is 16.7 Å². The zero-order valence-corrected chi connectivity index (χ0v) is 10.7. The first-order valence-corrected chi connectivity index (χ1v) is 6.27. The van der Waals surface area contributed by atoms with Crippen LogP contribution >= 0.6 is 0 Å². The minimum absolute atomic E-state index is 0.174. The molecule has 2 rings (SSSR count). The lowest BCUT2D eigenvalue weighted by molar-refractivity contribution is 0.132. The summed E-state index contributed by atoms with van der Waals surface area (Å²) in [6.45, 7) is 0.646. The summed E-state index contributed by atoms with van der Waals surface area (Å²) in [5, 5.41) is 12.8. The fraction of sp³-hybridized carbons (Fsp3) is 0.188. The van der Waals surface area contributed by atoms with Crippen molar-refractivity contribution >= 4 is 6.21 Å². The van der Waals surface area contributed by atoms with Crippen molar-refractivity contribution < 1.29 is 9.94 Å². The molecule has 0 aliphatic carbocycles. The molecule has 0 heterocycles.